The summed E-state index contributed by atoms with van der Waals surface area (Å²) in [6.45, 7) is -0.0230. The van der Waals surface area contributed by atoms with Crippen molar-refractivity contribution in [3.05, 3.63) is 41.7 Å². The molecule has 142 valence electrons. The quantitative estimate of drug-likeness (QED) is 0.636. The molecule has 0 spiro atoms. The van der Waals surface area contributed by atoms with Crippen molar-refractivity contribution in [2.75, 3.05) is 6.54 Å². The number of amides is 4. The maximum absolute atomic E-state index is 12.5. The van der Waals surface area contributed by atoms with Gasteiger partial charge in [-0.25, -0.2) is 4.79 Å². The van der Waals surface area contributed by atoms with E-state index in [9.17, 15) is 14.4 Å². The number of hydrogen-bond donors (Lipinski definition) is 3. The fraction of sp³-hybridized carbons (Fsp3) is 0.333. The molecule has 2 aromatic rings. The van der Waals surface area contributed by atoms with Crippen LogP contribution in [0.1, 0.15) is 35.3 Å². The number of imide groups is 1. The number of carbonyl (C=O) groups is 3. The van der Waals surface area contributed by atoms with E-state index < -0.39 is 23.4 Å². The van der Waals surface area contributed by atoms with Gasteiger partial charge in [0.25, 0.3) is 11.8 Å². The molecule has 1 atom stereocenters. The minimum Gasteiger partial charge on any atom is -0.348 e. The van der Waals surface area contributed by atoms with Gasteiger partial charge in [0, 0.05) is 0 Å². The number of benzene rings is 1. The minimum atomic E-state index is -1.12. The molecule has 1 aliphatic heterocycles. The third-order valence-electron chi connectivity index (χ3n) is 5.23. The fourth-order valence-electron chi connectivity index (χ4n) is 3.46. The van der Waals surface area contributed by atoms with Gasteiger partial charge in [0.2, 0.25) is 0 Å². The zero-order valence-corrected chi connectivity index (χ0v) is 14.8. The van der Waals surface area contributed by atoms with Crippen molar-refractivity contribution in [2.24, 2.45) is 5.92 Å². The van der Waals surface area contributed by atoms with Gasteiger partial charge in [0.05, 0.1) is 30.1 Å². The van der Waals surface area contributed by atoms with Gasteiger partial charge in [0.1, 0.15) is 5.54 Å². The molecular formula is C18H17N7O3. The number of urea groups is 1. The molecule has 3 N–H and O–H groups in total. The number of aromatic nitrogens is 3. The smallest absolute Gasteiger partial charge is 0.322 e. The van der Waals surface area contributed by atoms with E-state index in [0.717, 1.165) is 19.3 Å². The summed E-state index contributed by atoms with van der Waals surface area (Å²) in [5.74, 6) is -0.932. The largest absolute Gasteiger partial charge is 0.348 e. The molecule has 1 aromatic heterocycles. The lowest BCUT2D eigenvalue weighted by Gasteiger charge is -2.40. The Kier molecular flexibility index (Phi) is 4.27. The Morgan fingerprint density at radius 3 is 2.86 bits per heavy atom. The topological polar surface area (TPSA) is 142 Å². The molecule has 1 saturated carbocycles. The van der Waals surface area contributed by atoms with E-state index in [1.54, 1.807) is 24.3 Å². The van der Waals surface area contributed by atoms with Crippen molar-refractivity contribution < 1.29 is 14.4 Å². The predicted molar refractivity (Wildman–Crippen MR) is 95.2 cm³/mol. The van der Waals surface area contributed by atoms with Crippen molar-refractivity contribution in [2.45, 2.75) is 24.8 Å². The number of nitrogens with one attached hydrogen (secondary N) is 3. The van der Waals surface area contributed by atoms with Crippen LogP contribution in [-0.2, 0) is 4.79 Å². The highest BCUT2D eigenvalue weighted by Gasteiger charge is 2.53. The summed E-state index contributed by atoms with van der Waals surface area (Å²) in [4.78, 5) is 37.7. The highest BCUT2D eigenvalue weighted by atomic mass is 16.2. The molecular weight excluding hydrogens is 362 g/mol. The average molecular weight is 379 g/mol. The zero-order chi connectivity index (χ0) is 19.7. The molecule has 0 radical (unpaired) electrons. The molecule has 10 heteroatoms. The summed E-state index contributed by atoms with van der Waals surface area (Å²) in [6.07, 6.45) is 3.92. The summed E-state index contributed by atoms with van der Waals surface area (Å²) >= 11 is 0. The van der Waals surface area contributed by atoms with Crippen LogP contribution >= 0.6 is 0 Å². The van der Waals surface area contributed by atoms with Crippen LogP contribution in [0.2, 0.25) is 0 Å². The van der Waals surface area contributed by atoms with Crippen LogP contribution in [0.15, 0.2) is 30.5 Å². The molecule has 10 nitrogen and oxygen atoms in total. The Morgan fingerprint density at radius 2 is 2.21 bits per heavy atom. The van der Waals surface area contributed by atoms with Crippen LogP contribution in [0.4, 0.5) is 4.79 Å². The Bertz CT molecular complexity index is 1000. The molecule has 2 aliphatic rings. The van der Waals surface area contributed by atoms with Crippen LogP contribution in [0.5, 0.6) is 0 Å². The zero-order valence-electron chi connectivity index (χ0n) is 14.8. The lowest BCUT2D eigenvalue weighted by atomic mass is 9.70. The second kappa shape index (κ2) is 6.77. The molecule has 28 heavy (non-hydrogen) atoms. The van der Waals surface area contributed by atoms with Crippen molar-refractivity contribution in [3.8, 4) is 11.8 Å². The predicted octanol–water partition coefficient (Wildman–Crippen LogP) is 0.247. The lowest BCUT2D eigenvalue weighted by Crippen LogP contribution is -2.61. The summed E-state index contributed by atoms with van der Waals surface area (Å²) in [6, 6.07) is 8.15. The number of carbonyl (C=O) groups excluding carboxylic acids is 3. The van der Waals surface area contributed by atoms with Crippen molar-refractivity contribution in [1.29, 1.82) is 5.26 Å². The van der Waals surface area contributed by atoms with Crippen molar-refractivity contribution >= 4 is 17.8 Å². The summed E-state index contributed by atoms with van der Waals surface area (Å²) in [7, 11) is 0. The molecule has 2 fully saturated rings. The van der Waals surface area contributed by atoms with E-state index in [4.69, 9.17) is 5.26 Å². The van der Waals surface area contributed by atoms with E-state index in [-0.39, 0.29) is 18.2 Å². The lowest BCUT2D eigenvalue weighted by molar-refractivity contribution is -0.126. The van der Waals surface area contributed by atoms with Gasteiger partial charge in [0.15, 0.2) is 5.69 Å². The molecule has 0 bridgehead atoms. The molecule has 1 aromatic carbocycles. The van der Waals surface area contributed by atoms with E-state index in [0.29, 0.717) is 11.3 Å². The highest BCUT2D eigenvalue weighted by Crippen LogP contribution is 2.37. The summed E-state index contributed by atoms with van der Waals surface area (Å²) < 4.78 is 0. The second-order valence-corrected chi connectivity index (χ2v) is 6.87. The Labute approximate surface area is 159 Å². The monoisotopic (exact) mass is 379 g/mol. The van der Waals surface area contributed by atoms with Gasteiger partial charge in [-0.1, -0.05) is 12.5 Å². The third-order valence-corrected chi connectivity index (χ3v) is 5.23. The first kappa shape index (κ1) is 17.7. The first-order chi connectivity index (χ1) is 13.5. The van der Waals surface area contributed by atoms with Crippen molar-refractivity contribution in [1.82, 2.24) is 30.9 Å². The maximum atomic E-state index is 12.5. The Balaban J connectivity index is 1.48. The summed E-state index contributed by atoms with van der Waals surface area (Å²) in [5, 5.41) is 24.8. The van der Waals surface area contributed by atoms with E-state index in [1.807, 2.05) is 6.07 Å². The molecule has 2 heterocycles. The van der Waals surface area contributed by atoms with Crippen LogP contribution < -0.4 is 16.0 Å². The number of hydrogen-bond acceptors (Lipinski definition) is 6. The fourth-order valence-corrected chi connectivity index (χ4v) is 3.46. The van der Waals surface area contributed by atoms with Gasteiger partial charge >= 0.3 is 6.03 Å². The standard InChI is InChI=1S/C18H17N7O3/c19-8-11-3-1-6-13(7-11)25-21-9-14(24-25)15(26)20-10-18(12-4-2-5-12)16(27)22-17(28)23-18/h1,3,6-7,9,12H,2,4-5,10H2,(H,20,26)(H2,22,23,27,28). The maximum Gasteiger partial charge on any atom is 0.322 e. The van der Waals surface area contributed by atoms with Crippen LogP contribution in [0.3, 0.4) is 0 Å². The SMILES string of the molecule is N#Cc1cccc(-n2ncc(C(=O)NCC3(C4CCC4)NC(=O)NC3=O)n2)c1. The minimum absolute atomic E-state index is 0.0105. The Hall–Kier alpha value is -3.74. The van der Waals surface area contributed by atoms with E-state index in [2.05, 4.69) is 26.1 Å². The molecule has 1 unspecified atom stereocenters. The van der Waals surface area contributed by atoms with Crippen LogP contribution in [-0.4, -0.2) is 44.9 Å². The van der Waals surface area contributed by atoms with Crippen LogP contribution in [0.25, 0.3) is 5.69 Å². The van der Waals surface area contributed by atoms with Gasteiger partial charge < -0.3 is 10.6 Å². The Morgan fingerprint density at radius 1 is 1.39 bits per heavy atom. The first-order valence-electron chi connectivity index (χ1n) is 8.86. The number of nitriles is 1. The van der Waals surface area contributed by atoms with E-state index >= 15 is 0 Å². The third kappa shape index (κ3) is 2.96. The molecule has 4 amide bonds. The van der Waals surface area contributed by atoms with Gasteiger partial charge in [-0.15, -0.1) is 5.10 Å². The number of rotatable bonds is 5. The average Bonchev–Trinajstić information content (AvgIpc) is 3.24. The molecule has 4 rings (SSSR count). The highest BCUT2D eigenvalue weighted by molar-refractivity contribution is 6.08. The second-order valence-electron chi connectivity index (χ2n) is 6.87. The number of nitrogens with zero attached hydrogens (tertiary/aromatic N) is 4. The van der Waals surface area contributed by atoms with Crippen molar-refractivity contribution in [3.63, 3.8) is 0 Å². The van der Waals surface area contributed by atoms with Gasteiger partial charge in [-0.05, 0) is 37.0 Å². The normalized spacial score (nSPS) is 21.4. The van der Waals surface area contributed by atoms with E-state index in [1.165, 1.54) is 11.0 Å². The first-order valence-corrected chi connectivity index (χ1v) is 8.86. The summed E-state index contributed by atoms with van der Waals surface area (Å²) in [5.41, 5.74) is -0.0594. The van der Waals surface area contributed by atoms with Gasteiger partial charge in [-0.2, -0.15) is 15.2 Å². The van der Waals surface area contributed by atoms with Crippen LogP contribution in [0, 0.1) is 17.2 Å². The molecule has 1 aliphatic carbocycles. The van der Waals surface area contributed by atoms with Gasteiger partial charge in [-0.3, -0.25) is 14.9 Å². The molecule has 1 saturated heterocycles.